The standard InChI is InChI=1S/C17H21N3OS2/c1-11-4-5-12-13(9-11)19-16(18-12)14-3-2-6-20(14)17(21)15-10-22-7-8-23-15/h4-5,9,14-15H,2-3,6-8,10H2,1H3,(H,18,19)/t14-,15+/m0/s1. The Bertz CT molecular complexity index is 724. The van der Waals surface area contributed by atoms with Crippen LogP contribution in [0.3, 0.4) is 0 Å². The zero-order valence-corrected chi connectivity index (χ0v) is 14.9. The zero-order chi connectivity index (χ0) is 15.8. The first-order valence-electron chi connectivity index (χ1n) is 8.18. The van der Waals surface area contributed by atoms with Gasteiger partial charge in [0, 0.05) is 23.8 Å². The number of aryl methyl sites for hydroxylation is 1. The fourth-order valence-electron chi connectivity index (χ4n) is 3.43. The minimum atomic E-state index is 0.114. The summed E-state index contributed by atoms with van der Waals surface area (Å²) in [4.78, 5) is 23.2. The Morgan fingerprint density at radius 1 is 1.39 bits per heavy atom. The lowest BCUT2D eigenvalue weighted by atomic mass is 10.2. The van der Waals surface area contributed by atoms with Crippen LogP contribution >= 0.6 is 23.5 Å². The molecule has 2 fully saturated rings. The molecule has 0 aliphatic carbocycles. The second kappa shape index (κ2) is 6.40. The summed E-state index contributed by atoms with van der Waals surface area (Å²) in [5.41, 5.74) is 3.29. The van der Waals surface area contributed by atoms with Gasteiger partial charge in [-0.05, 0) is 37.5 Å². The Balaban J connectivity index is 1.59. The predicted molar refractivity (Wildman–Crippen MR) is 98.1 cm³/mol. The first kappa shape index (κ1) is 15.4. The van der Waals surface area contributed by atoms with Crippen molar-refractivity contribution < 1.29 is 4.79 Å². The average Bonchev–Trinajstić information content (AvgIpc) is 3.20. The second-order valence-electron chi connectivity index (χ2n) is 6.27. The van der Waals surface area contributed by atoms with Crippen LogP contribution in [-0.4, -0.2) is 49.8 Å². The van der Waals surface area contributed by atoms with Crippen LogP contribution in [0.25, 0.3) is 11.0 Å². The average molecular weight is 348 g/mol. The third-order valence-electron chi connectivity index (χ3n) is 4.60. The number of benzene rings is 1. The van der Waals surface area contributed by atoms with Crippen LogP contribution in [0, 0.1) is 6.92 Å². The molecule has 2 atom stereocenters. The molecule has 2 aromatic rings. The van der Waals surface area contributed by atoms with Crippen LogP contribution in [0.15, 0.2) is 18.2 Å². The van der Waals surface area contributed by atoms with Crippen molar-refractivity contribution in [1.29, 1.82) is 0 Å². The summed E-state index contributed by atoms with van der Waals surface area (Å²) in [6, 6.07) is 6.38. The van der Waals surface area contributed by atoms with Gasteiger partial charge in [0.15, 0.2) is 0 Å². The molecule has 1 N–H and O–H groups in total. The Kier molecular flexibility index (Phi) is 4.28. The van der Waals surface area contributed by atoms with E-state index < -0.39 is 0 Å². The van der Waals surface area contributed by atoms with Crippen molar-refractivity contribution in [2.75, 3.05) is 23.8 Å². The lowest BCUT2D eigenvalue weighted by molar-refractivity contribution is -0.131. The summed E-state index contributed by atoms with van der Waals surface area (Å²) in [6.07, 6.45) is 2.08. The zero-order valence-electron chi connectivity index (χ0n) is 13.2. The van der Waals surface area contributed by atoms with Gasteiger partial charge >= 0.3 is 0 Å². The molecule has 0 spiro atoms. The number of nitrogens with zero attached hydrogens (tertiary/aromatic N) is 2. The molecule has 4 rings (SSSR count). The Labute approximate surface area is 144 Å². The van der Waals surface area contributed by atoms with Crippen LogP contribution in [0.1, 0.15) is 30.3 Å². The molecule has 6 heteroatoms. The molecule has 2 aliphatic heterocycles. The highest BCUT2D eigenvalue weighted by molar-refractivity contribution is 8.07. The molecular formula is C17H21N3OS2. The van der Waals surface area contributed by atoms with E-state index in [1.807, 2.05) is 23.5 Å². The van der Waals surface area contributed by atoms with Crippen LogP contribution in [0.5, 0.6) is 0 Å². The fourth-order valence-corrected chi connectivity index (χ4v) is 6.05. The number of carbonyl (C=O) groups excluding carboxylic acids is 1. The van der Waals surface area contributed by atoms with E-state index in [4.69, 9.17) is 4.98 Å². The number of aromatic amines is 1. The molecule has 3 heterocycles. The van der Waals surface area contributed by atoms with Gasteiger partial charge in [0.2, 0.25) is 5.91 Å². The number of thioether (sulfide) groups is 2. The molecule has 4 nitrogen and oxygen atoms in total. The van der Waals surface area contributed by atoms with E-state index in [1.54, 1.807) is 0 Å². The smallest absolute Gasteiger partial charge is 0.237 e. The van der Waals surface area contributed by atoms with E-state index in [1.165, 1.54) is 11.3 Å². The molecule has 2 aliphatic rings. The number of amides is 1. The summed E-state index contributed by atoms with van der Waals surface area (Å²) >= 11 is 3.72. The van der Waals surface area contributed by atoms with E-state index >= 15 is 0 Å². The predicted octanol–water partition coefficient (Wildman–Crippen LogP) is 3.38. The summed E-state index contributed by atoms with van der Waals surface area (Å²) in [6.45, 7) is 2.95. The van der Waals surface area contributed by atoms with Crippen LogP contribution < -0.4 is 0 Å². The monoisotopic (exact) mass is 347 g/mol. The molecule has 0 radical (unpaired) electrons. The van der Waals surface area contributed by atoms with Crippen LogP contribution in [-0.2, 0) is 4.79 Å². The number of aromatic nitrogens is 2. The highest BCUT2D eigenvalue weighted by Gasteiger charge is 2.36. The Morgan fingerprint density at radius 3 is 3.13 bits per heavy atom. The van der Waals surface area contributed by atoms with E-state index in [9.17, 15) is 4.79 Å². The maximum absolute atomic E-state index is 12.9. The van der Waals surface area contributed by atoms with Gasteiger partial charge in [-0.15, -0.1) is 11.8 Å². The molecular weight excluding hydrogens is 326 g/mol. The minimum Gasteiger partial charge on any atom is -0.340 e. The lowest BCUT2D eigenvalue weighted by Gasteiger charge is -2.29. The topological polar surface area (TPSA) is 49.0 Å². The number of rotatable bonds is 2. The summed E-state index contributed by atoms with van der Waals surface area (Å²) in [7, 11) is 0. The summed E-state index contributed by atoms with van der Waals surface area (Å²) < 4.78 is 0. The maximum Gasteiger partial charge on any atom is 0.237 e. The number of hydrogen-bond acceptors (Lipinski definition) is 4. The van der Waals surface area contributed by atoms with Gasteiger partial charge in [-0.2, -0.15) is 11.8 Å². The normalized spacial score (nSPS) is 25.2. The molecule has 1 aromatic heterocycles. The largest absolute Gasteiger partial charge is 0.340 e. The molecule has 23 heavy (non-hydrogen) atoms. The number of imidazole rings is 1. The van der Waals surface area contributed by atoms with Crippen molar-refractivity contribution in [1.82, 2.24) is 14.9 Å². The van der Waals surface area contributed by atoms with Gasteiger partial charge < -0.3 is 9.88 Å². The van der Waals surface area contributed by atoms with E-state index in [0.29, 0.717) is 5.91 Å². The molecule has 0 bridgehead atoms. The van der Waals surface area contributed by atoms with Crippen molar-refractivity contribution in [3.05, 3.63) is 29.6 Å². The van der Waals surface area contributed by atoms with Crippen molar-refractivity contribution in [3.8, 4) is 0 Å². The van der Waals surface area contributed by atoms with Crippen molar-refractivity contribution in [2.24, 2.45) is 0 Å². The molecule has 0 saturated carbocycles. The quantitative estimate of drug-likeness (QED) is 0.905. The van der Waals surface area contributed by atoms with E-state index in [2.05, 4.69) is 35.0 Å². The second-order valence-corrected chi connectivity index (χ2v) is 8.73. The number of likely N-dealkylation sites (tertiary alicyclic amines) is 1. The summed E-state index contributed by atoms with van der Waals surface area (Å²) in [5, 5.41) is 0.126. The highest BCUT2D eigenvalue weighted by atomic mass is 32.2. The van der Waals surface area contributed by atoms with Gasteiger partial charge in [0.1, 0.15) is 5.82 Å². The molecule has 1 amide bonds. The fraction of sp³-hybridized carbons (Fsp3) is 0.529. The number of H-pyrrole nitrogens is 1. The first-order chi connectivity index (χ1) is 11.2. The number of fused-ring (bicyclic) bond motifs is 1. The van der Waals surface area contributed by atoms with Crippen LogP contribution in [0.4, 0.5) is 0 Å². The Morgan fingerprint density at radius 2 is 2.30 bits per heavy atom. The minimum absolute atomic E-state index is 0.114. The maximum atomic E-state index is 12.9. The SMILES string of the molecule is Cc1ccc2nc([C@@H]3CCCN3C(=O)[C@H]3CSCCS3)[nH]c2c1. The third kappa shape index (κ3) is 2.98. The Hall–Kier alpha value is -1.14. The molecule has 2 saturated heterocycles. The van der Waals surface area contributed by atoms with Gasteiger partial charge in [0.05, 0.1) is 22.3 Å². The van der Waals surface area contributed by atoms with E-state index in [-0.39, 0.29) is 11.3 Å². The van der Waals surface area contributed by atoms with Gasteiger partial charge in [-0.1, -0.05) is 6.07 Å². The lowest BCUT2D eigenvalue weighted by Crippen LogP contribution is -2.40. The van der Waals surface area contributed by atoms with Gasteiger partial charge in [0.25, 0.3) is 0 Å². The highest BCUT2D eigenvalue weighted by Crippen LogP contribution is 2.35. The van der Waals surface area contributed by atoms with Crippen molar-refractivity contribution in [2.45, 2.75) is 31.1 Å². The van der Waals surface area contributed by atoms with Crippen molar-refractivity contribution in [3.63, 3.8) is 0 Å². The number of hydrogen-bond donors (Lipinski definition) is 1. The van der Waals surface area contributed by atoms with E-state index in [0.717, 1.165) is 47.7 Å². The molecule has 122 valence electrons. The first-order valence-corrected chi connectivity index (χ1v) is 10.4. The van der Waals surface area contributed by atoms with Crippen molar-refractivity contribution >= 4 is 40.5 Å². The summed E-state index contributed by atoms with van der Waals surface area (Å²) in [5.74, 6) is 4.46. The number of carbonyl (C=O) groups is 1. The third-order valence-corrected chi connectivity index (χ3v) is 7.34. The number of nitrogens with one attached hydrogen (secondary N) is 1. The van der Waals surface area contributed by atoms with Gasteiger partial charge in [-0.3, -0.25) is 4.79 Å². The van der Waals surface area contributed by atoms with Crippen LogP contribution in [0.2, 0.25) is 0 Å². The molecule has 1 aromatic carbocycles. The van der Waals surface area contributed by atoms with Gasteiger partial charge in [-0.25, -0.2) is 4.98 Å². The molecule has 0 unspecified atom stereocenters.